The van der Waals surface area contributed by atoms with Gasteiger partial charge in [0.25, 0.3) is 0 Å². The highest BCUT2D eigenvalue weighted by Crippen LogP contribution is 2.31. The minimum Gasteiger partial charge on any atom is -0.0625 e. The maximum Gasteiger partial charge on any atom is -0.0245 e. The molecular weight excluding hydrogens is 324 g/mol. The second-order valence-electron chi connectivity index (χ2n) is 9.53. The SMILES string of the molecule is CC(C)C1CCc2ccccc2C1.Cc1ccc2c(c1)CCC(C(C)C)C2. The molecule has 0 amide bonds. The van der Waals surface area contributed by atoms with Gasteiger partial charge in [-0.15, -0.1) is 0 Å². The summed E-state index contributed by atoms with van der Waals surface area (Å²) in [4.78, 5) is 0. The van der Waals surface area contributed by atoms with E-state index in [2.05, 4.69) is 77.1 Å². The average Bonchev–Trinajstić information content (AvgIpc) is 2.67. The number of aryl methyl sites for hydroxylation is 3. The van der Waals surface area contributed by atoms with E-state index < -0.39 is 0 Å². The van der Waals surface area contributed by atoms with E-state index in [1.165, 1.54) is 44.1 Å². The molecule has 0 saturated carbocycles. The predicted molar refractivity (Wildman–Crippen MR) is 118 cm³/mol. The van der Waals surface area contributed by atoms with Gasteiger partial charge in [0.1, 0.15) is 0 Å². The molecule has 146 valence electrons. The third-order valence-electron chi connectivity index (χ3n) is 6.90. The van der Waals surface area contributed by atoms with E-state index in [0.29, 0.717) is 0 Å². The van der Waals surface area contributed by atoms with Crippen LogP contribution in [0.3, 0.4) is 0 Å². The minimum atomic E-state index is 0.837. The number of rotatable bonds is 2. The van der Waals surface area contributed by atoms with E-state index in [-0.39, 0.29) is 0 Å². The van der Waals surface area contributed by atoms with E-state index in [0.717, 1.165) is 23.7 Å². The summed E-state index contributed by atoms with van der Waals surface area (Å²) >= 11 is 0. The lowest BCUT2D eigenvalue weighted by molar-refractivity contribution is 0.343. The van der Waals surface area contributed by atoms with Crippen molar-refractivity contribution in [2.45, 2.75) is 73.1 Å². The molecule has 0 nitrogen and oxygen atoms in total. The van der Waals surface area contributed by atoms with Crippen molar-refractivity contribution in [2.75, 3.05) is 0 Å². The number of hydrogen-bond donors (Lipinski definition) is 0. The van der Waals surface area contributed by atoms with E-state index in [1.54, 1.807) is 22.3 Å². The normalized spacial score (nSPS) is 21.3. The lowest BCUT2D eigenvalue weighted by Crippen LogP contribution is -2.18. The van der Waals surface area contributed by atoms with Crippen LogP contribution < -0.4 is 0 Å². The lowest BCUT2D eigenvalue weighted by Gasteiger charge is -2.27. The van der Waals surface area contributed by atoms with Gasteiger partial charge in [-0.1, -0.05) is 75.7 Å². The minimum absolute atomic E-state index is 0.837. The van der Waals surface area contributed by atoms with Gasteiger partial charge in [-0.05, 0) is 91.4 Å². The highest BCUT2D eigenvalue weighted by molar-refractivity contribution is 5.33. The summed E-state index contributed by atoms with van der Waals surface area (Å²) < 4.78 is 0. The number of benzene rings is 2. The highest BCUT2D eigenvalue weighted by Gasteiger charge is 2.21. The summed E-state index contributed by atoms with van der Waals surface area (Å²) in [6.45, 7) is 11.6. The van der Waals surface area contributed by atoms with Crippen molar-refractivity contribution < 1.29 is 0 Å². The Hall–Kier alpha value is -1.56. The first-order valence-corrected chi connectivity index (χ1v) is 11.1. The molecule has 2 aromatic carbocycles. The van der Waals surface area contributed by atoms with Crippen LogP contribution in [0.5, 0.6) is 0 Å². The van der Waals surface area contributed by atoms with Crippen LogP contribution in [0.15, 0.2) is 42.5 Å². The van der Waals surface area contributed by atoms with Crippen LogP contribution in [0.1, 0.15) is 68.4 Å². The Labute approximate surface area is 167 Å². The van der Waals surface area contributed by atoms with Gasteiger partial charge in [-0.3, -0.25) is 0 Å². The molecule has 2 atom stereocenters. The van der Waals surface area contributed by atoms with Crippen molar-refractivity contribution in [2.24, 2.45) is 23.7 Å². The van der Waals surface area contributed by atoms with Crippen LogP contribution in [0.25, 0.3) is 0 Å². The second kappa shape index (κ2) is 9.09. The van der Waals surface area contributed by atoms with Crippen LogP contribution in [-0.2, 0) is 25.7 Å². The van der Waals surface area contributed by atoms with Gasteiger partial charge in [0.05, 0.1) is 0 Å². The molecule has 4 rings (SSSR count). The van der Waals surface area contributed by atoms with E-state index in [4.69, 9.17) is 0 Å². The van der Waals surface area contributed by atoms with Gasteiger partial charge in [0, 0.05) is 0 Å². The van der Waals surface area contributed by atoms with Crippen molar-refractivity contribution in [3.63, 3.8) is 0 Å². The first-order valence-electron chi connectivity index (χ1n) is 11.1. The van der Waals surface area contributed by atoms with Crippen molar-refractivity contribution in [3.05, 3.63) is 70.3 Å². The van der Waals surface area contributed by atoms with Crippen LogP contribution in [0.2, 0.25) is 0 Å². The molecule has 0 fully saturated rings. The molecule has 2 unspecified atom stereocenters. The summed E-state index contributed by atoms with van der Waals surface area (Å²) in [5.74, 6) is 3.50. The zero-order valence-electron chi connectivity index (χ0n) is 18.1. The van der Waals surface area contributed by atoms with Crippen LogP contribution in [0, 0.1) is 30.6 Å². The molecule has 0 N–H and O–H groups in total. The van der Waals surface area contributed by atoms with Gasteiger partial charge in [-0.2, -0.15) is 0 Å². The Balaban J connectivity index is 0.000000156. The standard InChI is InChI=1S/C14H20.C13H18/c1-10(2)12-6-7-13-8-11(3)4-5-14(13)9-12;1-10(2)12-8-7-11-5-3-4-6-13(11)9-12/h4-5,8,10,12H,6-7,9H2,1-3H3;3-6,10,12H,7-9H2,1-2H3. The third kappa shape index (κ3) is 5.24. The zero-order chi connectivity index (χ0) is 19.4. The summed E-state index contributed by atoms with van der Waals surface area (Å²) in [5, 5.41) is 0. The van der Waals surface area contributed by atoms with Crippen LogP contribution >= 0.6 is 0 Å². The molecule has 0 saturated heterocycles. The Kier molecular flexibility index (Phi) is 6.79. The molecule has 0 radical (unpaired) electrons. The molecule has 0 spiro atoms. The molecule has 0 aromatic heterocycles. The summed E-state index contributed by atoms with van der Waals surface area (Å²) in [7, 11) is 0. The topological polar surface area (TPSA) is 0 Å². The summed E-state index contributed by atoms with van der Waals surface area (Å²) in [6, 6.07) is 15.9. The van der Waals surface area contributed by atoms with Gasteiger partial charge >= 0.3 is 0 Å². The van der Waals surface area contributed by atoms with Crippen molar-refractivity contribution >= 4 is 0 Å². The summed E-state index contributed by atoms with van der Waals surface area (Å²) in [6.07, 6.45) is 7.95. The van der Waals surface area contributed by atoms with Gasteiger partial charge < -0.3 is 0 Å². The fourth-order valence-electron chi connectivity index (χ4n) is 4.78. The third-order valence-corrected chi connectivity index (χ3v) is 6.90. The fraction of sp³-hybridized carbons (Fsp3) is 0.556. The van der Waals surface area contributed by atoms with E-state index in [1.807, 2.05) is 0 Å². The van der Waals surface area contributed by atoms with Gasteiger partial charge in [0.15, 0.2) is 0 Å². The maximum absolute atomic E-state index is 2.37. The molecule has 2 aliphatic rings. The van der Waals surface area contributed by atoms with E-state index >= 15 is 0 Å². The molecule has 2 aliphatic carbocycles. The van der Waals surface area contributed by atoms with Crippen molar-refractivity contribution in [3.8, 4) is 0 Å². The first kappa shape index (κ1) is 20.2. The lowest BCUT2D eigenvalue weighted by atomic mass is 9.78. The molecule has 0 heteroatoms. The molecule has 0 bridgehead atoms. The molecule has 27 heavy (non-hydrogen) atoms. The van der Waals surface area contributed by atoms with Crippen LogP contribution in [0.4, 0.5) is 0 Å². The van der Waals surface area contributed by atoms with Crippen LogP contribution in [-0.4, -0.2) is 0 Å². The largest absolute Gasteiger partial charge is 0.0625 e. The van der Waals surface area contributed by atoms with E-state index in [9.17, 15) is 0 Å². The monoisotopic (exact) mass is 362 g/mol. The average molecular weight is 363 g/mol. The molecule has 2 aromatic rings. The Morgan fingerprint density at radius 3 is 1.78 bits per heavy atom. The number of hydrogen-bond acceptors (Lipinski definition) is 0. The van der Waals surface area contributed by atoms with Crippen molar-refractivity contribution in [1.29, 1.82) is 0 Å². The smallest absolute Gasteiger partial charge is 0.0245 e. The second-order valence-corrected chi connectivity index (χ2v) is 9.53. The Morgan fingerprint density at radius 1 is 0.667 bits per heavy atom. The Bertz CT molecular complexity index is 737. The summed E-state index contributed by atoms with van der Waals surface area (Å²) in [5.41, 5.74) is 7.78. The quantitative estimate of drug-likeness (QED) is 0.529. The predicted octanol–water partition coefficient (Wildman–Crippen LogP) is 7.20. The molecule has 0 aliphatic heterocycles. The first-order chi connectivity index (χ1) is 12.9. The van der Waals surface area contributed by atoms with Crippen molar-refractivity contribution in [1.82, 2.24) is 0 Å². The molecule has 0 heterocycles. The highest BCUT2D eigenvalue weighted by atomic mass is 14.3. The molecular formula is C27H38. The van der Waals surface area contributed by atoms with Gasteiger partial charge in [0.2, 0.25) is 0 Å². The maximum atomic E-state index is 2.37. The fourth-order valence-corrected chi connectivity index (χ4v) is 4.78. The Morgan fingerprint density at radius 2 is 1.19 bits per heavy atom. The number of fused-ring (bicyclic) bond motifs is 2. The van der Waals surface area contributed by atoms with Gasteiger partial charge in [-0.25, -0.2) is 0 Å². The zero-order valence-corrected chi connectivity index (χ0v) is 18.1.